The molecule has 0 saturated heterocycles. The molecule has 1 heterocycles. The average molecular weight is 324 g/mol. The fraction of sp³-hybridized carbons (Fsp3) is 0.333. The molecular weight excluding hydrogens is 306 g/mol. The summed E-state index contributed by atoms with van der Waals surface area (Å²) in [4.78, 5) is 9.77. The summed E-state index contributed by atoms with van der Waals surface area (Å²) in [6, 6.07) is 12.0. The molecule has 0 atom stereocenters. The van der Waals surface area contributed by atoms with Gasteiger partial charge in [-0.2, -0.15) is 0 Å². The summed E-state index contributed by atoms with van der Waals surface area (Å²) >= 11 is 7.78. The van der Waals surface area contributed by atoms with Crippen molar-refractivity contribution in [3.05, 3.63) is 47.4 Å². The van der Waals surface area contributed by atoms with E-state index >= 15 is 0 Å². The van der Waals surface area contributed by atoms with Crippen molar-refractivity contribution in [2.24, 2.45) is 0 Å². The van der Waals surface area contributed by atoms with E-state index < -0.39 is 0 Å². The Morgan fingerprint density at radius 2 is 2.05 bits per heavy atom. The minimum Gasteiger partial charge on any atom is -0.374 e. The standard InChI is InChI=1S/C15H18ClN3OS/c1-2-20-11-15-18-13(16)10-14(19-15)17-8-9-21-12-6-4-3-5-7-12/h3-7,10H,2,8-9,11H2,1H3,(H,17,18,19). The molecule has 112 valence electrons. The number of halogens is 1. The van der Waals surface area contributed by atoms with Crippen molar-refractivity contribution in [2.45, 2.75) is 18.4 Å². The van der Waals surface area contributed by atoms with Crippen LogP contribution in [0.2, 0.25) is 5.15 Å². The molecule has 0 spiro atoms. The maximum Gasteiger partial charge on any atom is 0.158 e. The van der Waals surface area contributed by atoms with Crippen LogP contribution in [0.5, 0.6) is 0 Å². The predicted molar refractivity (Wildman–Crippen MR) is 88.0 cm³/mol. The molecular formula is C15H18ClN3OS. The Morgan fingerprint density at radius 3 is 2.81 bits per heavy atom. The molecule has 6 heteroatoms. The summed E-state index contributed by atoms with van der Waals surface area (Å²) in [6.07, 6.45) is 0. The summed E-state index contributed by atoms with van der Waals surface area (Å²) in [5.41, 5.74) is 0. The Labute approximate surface area is 134 Å². The molecule has 0 bridgehead atoms. The molecule has 1 aromatic heterocycles. The third-order valence-electron chi connectivity index (χ3n) is 2.60. The van der Waals surface area contributed by atoms with Crippen LogP contribution < -0.4 is 5.32 Å². The molecule has 0 saturated carbocycles. The Balaban J connectivity index is 1.81. The van der Waals surface area contributed by atoms with Gasteiger partial charge in [-0.3, -0.25) is 0 Å². The van der Waals surface area contributed by atoms with Crippen LogP contribution >= 0.6 is 23.4 Å². The van der Waals surface area contributed by atoms with Crippen LogP contribution in [0.3, 0.4) is 0 Å². The van der Waals surface area contributed by atoms with Crippen molar-refractivity contribution in [1.29, 1.82) is 0 Å². The van der Waals surface area contributed by atoms with E-state index in [2.05, 4.69) is 27.4 Å². The quantitative estimate of drug-likeness (QED) is 0.454. The van der Waals surface area contributed by atoms with Gasteiger partial charge in [0.15, 0.2) is 5.82 Å². The van der Waals surface area contributed by atoms with E-state index in [1.807, 2.05) is 25.1 Å². The first-order chi connectivity index (χ1) is 10.3. The number of thioether (sulfide) groups is 1. The topological polar surface area (TPSA) is 47.0 Å². The second kappa shape index (κ2) is 8.87. The Hall–Kier alpha value is -1.30. The summed E-state index contributed by atoms with van der Waals surface area (Å²) in [6.45, 7) is 3.75. The average Bonchev–Trinajstić information content (AvgIpc) is 2.50. The third kappa shape index (κ3) is 5.91. The van der Waals surface area contributed by atoms with Crippen LogP contribution in [0.25, 0.3) is 0 Å². The molecule has 2 rings (SSSR count). The zero-order valence-corrected chi connectivity index (χ0v) is 13.5. The lowest BCUT2D eigenvalue weighted by atomic mass is 10.4. The monoisotopic (exact) mass is 323 g/mol. The van der Waals surface area contributed by atoms with Crippen LogP contribution in [-0.4, -0.2) is 28.9 Å². The lowest BCUT2D eigenvalue weighted by molar-refractivity contribution is 0.128. The molecule has 0 aliphatic rings. The molecule has 0 radical (unpaired) electrons. The van der Waals surface area contributed by atoms with Crippen LogP contribution in [0.4, 0.5) is 5.82 Å². The SMILES string of the molecule is CCOCc1nc(Cl)cc(NCCSc2ccccc2)n1. The maximum absolute atomic E-state index is 5.99. The highest BCUT2D eigenvalue weighted by Crippen LogP contribution is 2.17. The van der Waals surface area contributed by atoms with Crippen LogP contribution in [0, 0.1) is 0 Å². The Bertz CT molecular complexity index is 554. The van der Waals surface area contributed by atoms with E-state index in [0.717, 1.165) is 18.1 Å². The van der Waals surface area contributed by atoms with Crippen molar-refractivity contribution in [3.63, 3.8) is 0 Å². The molecule has 1 aromatic carbocycles. The van der Waals surface area contributed by atoms with Gasteiger partial charge in [0.1, 0.15) is 17.6 Å². The number of hydrogen-bond donors (Lipinski definition) is 1. The van der Waals surface area contributed by atoms with Gasteiger partial charge in [-0.05, 0) is 19.1 Å². The predicted octanol–water partition coefficient (Wildman–Crippen LogP) is 3.87. The van der Waals surface area contributed by atoms with E-state index in [1.54, 1.807) is 17.8 Å². The van der Waals surface area contributed by atoms with Crippen molar-refractivity contribution in [2.75, 3.05) is 24.2 Å². The van der Waals surface area contributed by atoms with Gasteiger partial charge in [-0.25, -0.2) is 9.97 Å². The van der Waals surface area contributed by atoms with Gasteiger partial charge in [-0.1, -0.05) is 29.8 Å². The van der Waals surface area contributed by atoms with Crippen molar-refractivity contribution in [1.82, 2.24) is 9.97 Å². The number of benzene rings is 1. The van der Waals surface area contributed by atoms with Gasteiger partial charge in [0.2, 0.25) is 0 Å². The summed E-state index contributed by atoms with van der Waals surface area (Å²) in [5, 5.41) is 3.69. The van der Waals surface area contributed by atoms with Crippen molar-refractivity contribution >= 4 is 29.2 Å². The van der Waals surface area contributed by atoms with Crippen LogP contribution in [0.15, 0.2) is 41.3 Å². The van der Waals surface area contributed by atoms with Gasteiger partial charge in [0, 0.05) is 29.9 Å². The summed E-state index contributed by atoms with van der Waals surface area (Å²) in [5.74, 6) is 2.29. The Morgan fingerprint density at radius 1 is 1.24 bits per heavy atom. The van der Waals surface area contributed by atoms with E-state index in [4.69, 9.17) is 16.3 Å². The highest BCUT2D eigenvalue weighted by molar-refractivity contribution is 7.99. The Kier molecular flexibility index (Phi) is 6.79. The zero-order valence-electron chi connectivity index (χ0n) is 11.9. The first kappa shape index (κ1) is 16.1. The number of ether oxygens (including phenoxy) is 1. The van der Waals surface area contributed by atoms with Gasteiger partial charge in [-0.15, -0.1) is 11.8 Å². The smallest absolute Gasteiger partial charge is 0.158 e. The van der Waals surface area contributed by atoms with Crippen LogP contribution in [0.1, 0.15) is 12.7 Å². The van der Waals surface area contributed by atoms with Gasteiger partial charge >= 0.3 is 0 Å². The molecule has 0 fully saturated rings. The summed E-state index contributed by atoms with van der Waals surface area (Å²) in [7, 11) is 0. The zero-order chi connectivity index (χ0) is 14.9. The fourth-order valence-corrected chi connectivity index (χ4v) is 2.67. The molecule has 0 aliphatic carbocycles. The molecule has 21 heavy (non-hydrogen) atoms. The van der Waals surface area contributed by atoms with E-state index in [0.29, 0.717) is 24.2 Å². The second-order valence-electron chi connectivity index (χ2n) is 4.22. The highest BCUT2D eigenvalue weighted by Gasteiger charge is 2.03. The van der Waals surface area contributed by atoms with E-state index in [1.165, 1.54) is 4.90 Å². The lowest BCUT2D eigenvalue weighted by Gasteiger charge is -2.08. The maximum atomic E-state index is 5.99. The molecule has 1 N–H and O–H groups in total. The molecule has 4 nitrogen and oxygen atoms in total. The lowest BCUT2D eigenvalue weighted by Crippen LogP contribution is -2.08. The van der Waals surface area contributed by atoms with Crippen molar-refractivity contribution < 1.29 is 4.74 Å². The van der Waals surface area contributed by atoms with Gasteiger partial charge < -0.3 is 10.1 Å². The normalized spacial score (nSPS) is 10.6. The number of nitrogens with zero attached hydrogens (tertiary/aromatic N) is 2. The number of anilines is 1. The molecule has 0 aliphatic heterocycles. The van der Waals surface area contributed by atoms with E-state index in [9.17, 15) is 0 Å². The third-order valence-corrected chi connectivity index (χ3v) is 3.80. The number of nitrogens with one attached hydrogen (secondary N) is 1. The molecule has 0 amide bonds. The number of aromatic nitrogens is 2. The number of hydrogen-bond acceptors (Lipinski definition) is 5. The van der Waals surface area contributed by atoms with Crippen LogP contribution in [-0.2, 0) is 11.3 Å². The minimum absolute atomic E-state index is 0.379. The summed E-state index contributed by atoms with van der Waals surface area (Å²) < 4.78 is 5.30. The van der Waals surface area contributed by atoms with Crippen molar-refractivity contribution in [3.8, 4) is 0 Å². The highest BCUT2D eigenvalue weighted by atomic mass is 35.5. The largest absolute Gasteiger partial charge is 0.374 e. The van der Waals surface area contributed by atoms with Gasteiger partial charge in [0.25, 0.3) is 0 Å². The minimum atomic E-state index is 0.379. The molecule has 2 aromatic rings. The van der Waals surface area contributed by atoms with E-state index in [-0.39, 0.29) is 0 Å². The first-order valence-electron chi connectivity index (χ1n) is 6.81. The first-order valence-corrected chi connectivity index (χ1v) is 8.17. The number of rotatable bonds is 8. The molecule has 0 unspecified atom stereocenters. The fourth-order valence-electron chi connectivity index (χ4n) is 1.68. The second-order valence-corrected chi connectivity index (χ2v) is 5.77. The van der Waals surface area contributed by atoms with Gasteiger partial charge in [0.05, 0.1) is 0 Å².